The lowest BCUT2D eigenvalue weighted by Crippen LogP contribution is -2.43. The summed E-state index contributed by atoms with van der Waals surface area (Å²) in [5.41, 5.74) is 6.29. The van der Waals surface area contributed by atoms with Crippen molar-refractivity contribution in [3.8, 4) is 0 Å². The molecule has 1 aliphatic rings. The molecule has 0 spiro atoms. The van der Waals surface area contributed by atoms with Crippen molar-refractivity contribution in [2.45, 2.75) is 12.8 Å². The molecule has 0 aromatic rings. The lowest BCUT2D eigenvalue weighted by molar-refractivity contribution is 0.238. The summed E-state index contributed by atoms with van der Waals surface area (Å²) in [5, 5.41) is 3.33. The van der Waals surface area contributed by atoms with E-state index in [0.29, 0.717) is 0 Å². The molecule has 3 N–H and O–H groups in total. The molecule has 12 heavy (non-hydrogen) atoms. The maximum Gasteiger partial charge on any atom is 0.0107 e. The monoisotopic (exact) mass is 169 g/mol. The van der Waals surface area contributed by atoms with Gasteiger partial charge in [-0.05, 0) is 19.4 Å². The zero-order valence-corrected chi connectivity index (χ0v) is 7.68. The van der Waals surface area contributed by atoms with Crippen LogP contribution in [0.1, 0.15) is 12.8 Å². The Morgan fingerprint density at radius 2 is 2.08 bits per heavy atom. The second kappa shape index (κ2) is 5.17. The number of hydrogen-bond acceptors (Lipinski definition) is 3. The van der Waals surface area contributed by atoms with Crippen molar-refractivity contribution in [2.24, 2.45) is 5.73 Å². The van der Waals surface area contributed by atoms with Gasteiger partial charge < -0.3 is 16.0 Å². The molecule has 0 radical (unpaired) electrons. The first-order chi connectivity index (χ1) is 5.79. The normalized spacial score (nSPS) is 19.3. The van der Waals surface area contributed by atoms with Crippen molar-refractivity contribution in [3.05, 3.63) is 12.3 Å². The Labute approximate surface area is 74.6 Å². The van der Waals surface area contributed by atoms with Gasteiger partial charge in [-0.2, -0.15) is 0 Å². The van der Waals surface area contributed by atoms with Crippen LogP contribution in [0.15, 0.2) is 12.3 Å². The molecule has 0 aromatic heterocycles. The fourth-order valence-electron chi connectivity index (χ4n) is 1.46. The molecule has 3 nitrogen and oxygen atoms in total. The Morgan fingerprint density at radius 1 is 1.42 bits per heavy atom. The maximum absolute atomic E-state index is 5.48. The van der Waals surface area contributed by atoms with E-state index in [9.17, 15) is 0 Å². The van der Waals surface area contributed by atoms with Gasteiger partial charge in [0.05, 0.1) is 0 Å². The molecule has 1 aliphatic heterocycles. The third-order valence-electron chi connectivity index (χ3n) is 2.18. The van der Waals surface area contributed by atoms with Gasteiger partial charge in [0.25, 0.3) is 0 Å². The summed E-state index contributed by atoms with van der Waals surface area (Å²) in [6.07, 6.45) is 2.11. The Kier molecular flexibility index (Phi) is 4.11. The Hall–Kier alpha value is -0.540. The van der Waals surface area contributed by atoms with Crippen LogP contribution in [0.3, 0.4) is 0 Å². The Morgan fingerprint density at radius 3 is 2.67 bits per heavy atom. The zero-order valence-electron chi connectivity index (χ0n) is 7.68. The molecular formula is C9H19N3. The third-order valence-corrected chi connectivity index (χ3v) is 2.18. The highest BCUT2D eigenvalue weighted by Gasteiger charge is 2.07. The van der Waals surface area contributed by atoms with E-state index in [0.717, 1.165) is 38.2 Å². The summed E-state index contributed by atoms with van der Waals surface area (Å²) in [6.45, 7) is 9.46. The number of rotatable bonds is 4. The largest absolute Gasteiger partial charge is 0.403 e. The summed E-state index contributed by atoms with van der Waals surface area (Å²) in [4.78, 5) is 2.47. The van der Waals surface area contributed by atoms with Crippen molar-refractivity contribution >= 4 is 0 Å². The summed E-state index contributed by atoms with van der Waals surface area (Å²) >= 11 is 0. The predicted octanol–water partition coefficient (Wildman–Crippen LogP) is 0.144. The highest BCUT2D eigenvalue weighted by Crippen LogP contribution is 1.99. The summed E-state index contributed by atoms with van der Waals surface area (Å²) in [6, 6.07) is 0. The topological polar surface area (TPSA) is 41.3 Å². The molecule has 1 rings (SSSR count). The number of hydrogen-bond donors (Lipinski definition) is 2. The minimum absolute atomic E-state index is 0.810. The minimum atomic E-state index is 0.810. The minimum Gasteiger partial charge on any atom is -0.403 e. The molecule has 70 valence electrons. The average Bonchev–Trinajstić information content (AvgIpc) is 2.05. The van der Waals surface area contributed by atoms with Gasteiger partial charge in [-0.25, -0.2) is 0 Å². The first-order valence-corrected chi connectivity index (χ1v) is 4.65. The third kappa shape index (κ3) is 3.74. The van der Waals surface area contributed by atoms with Crippen molar-refractivity contribution in [3.63, 3.8) is 0 Å². The zero-order chi connectivity index (χ0) is 8.81. The molecule has 0 amide bonds. The van der Waals surface area contributed by atoms with E-state index in [-0.39, 0.29) is 0 Å². The molecule has 1 fully saturated rings. The Bertz CT molecular complexity index is 139. The van der Waals surface area contributed by atoms with Crippen molar-refractivity contribution in [1.82, 2.24) is 10.2 Å². The van der Waals surface area contributed by atoms with Gasteiger partial charge in [0.15, 0.2) is 0 Å². The molecule has 1 heterocycles. The van der Waals surface area contributed by atoms with Gasteiger partial charge in [-0.15, -0.1) is 0 Å². The number of piperazine rings is 1. The second-order valence-corrected chi connectivity index (χ2v) is 3.35. The van der Waals surface area contributed by atoms with E-state index in [4.69, 9.17) is 5.73 Å². The number of allylic oxidation sites excluding steroid dienone is 1. The lowest BCUT2D eigenvalue weighted by Gasteiger charge is -2.26. The molecule has 3 heteroatoms. The van der Waals surface area contributed by atoms with Crippen LogP contribution in [0.25, 0.3) is 0 Å². The first-order valence-electron chi connectivity index (χ1n) is 4.65. The first kappa shape index (κ1) is 9.55. The number of nitrogens with one attached hydrogen (secondary N) is 1. The fraction of sp³-hybridized carbons (Fsp3) is 0.778. The molecule has 0 bridgehead atoms. The highest BCUT2D eigenvalue weighted by molar-refractivity contribution is 4.85. The molecule has 0 saturated carbocycles. The van der Waals surface area contributed by atoms with Crippen LogP contribution in [0.4, 0.5) is 0 Å². The molecule has 0 unspecified atom stereocenters. The van der Waals surface area contributed by atoms with E-state index in [1.54, 1.807) is 0 Å². The van der Waals surface area contributed by atoms with Crippen LogP contribution in [-0.2, 0) is 0 Å². The van der Waals surface area contributed by atoms with Gasteiger partial charge in [0.2, 0.25) is 0 Å². The van der Waals surface area contributed by atoms with Crippen LogP contribution in [0, 0.1) is 0 Å². The van der Waals surface area contributed by atoms with E-state index in [2.05, 4.69) is 16.8 Å². The smallest absolute Gasteiger partial charge is 0.0107 e. The molecule has 1 saturated heterocycles. The Balaban J connectivity index is 2.01. The lowest BCUT2D eigenvalue weighted by atomic mass is 10.2. The van der Waals surface area contributed by atoms with E-state index >= 15 is 0 Å². The van der Waals surface area contributed by atoms with Gasteiger partial charge in [-0.1, -0.05) is 6.58 Å². The van der Waals surface area contributed by atoms with Crippen LogP contribution < -0.4 is 11.1 Å². The summed E-state index contributed by atoms with van der Waals surface area (Å²) in [7, 11) is 0. The summed E-state index contributed by atoms with van der Waals surface area (Å²) in [5.74, 6) is 0. The van der Waals surface area contributed by atoms with Crippen LogP contribution >= 0.6 is 0 Å². The van der Waals surface area contributed by atoms with E-state index < -0.39 is 0 Å². The number of nitrogens with zero attached hydrogens (tertiary/aromatic N) is 1. The molecular weight excluding hydrogens is 150 g/mol. The quantitative estimate of drug-likeness (QED) is 0.629. The van der Waals surface area contributed by atoms with E-state index in [1.165, 1.54) is 13.1 Å². The predicted molar refractivity (Wildman–Crippen MR) is 51.9 cm³/mol. The number of nitrogens with two attached hydrogens (primary N) is 1. The van der Waals surface area contributed by atoms with Crippen LogP contribution in [0.2, 0.25) is 0 Å². The molecule has 0 atom stereocenters. The molecule has 0 aromatic carbocycles. The van der Waals surface area contributed by atoms with Gasteiger partial charge >= 0.3 is 0 Å². The average molecular weight is 169 g/mol. The van der Waals surface area contributed by atoms with Crippen LogP contribution in [0.5, 0.6) is 0 Å². The van der Waals surface area contributed by atoms with Crippen molar-refractivity contribution < 1.29 is 0 Å². The summed E-state index contributed by atoms with van der Waals surface area (Å²) < 4.78 is 0. The van der Waals surface area contributed by atoms with Gasteiger partial charge in [-0.3, -0.25) is 0 Å². The van der Waals surface area contributed by atoms with Crippen molar-refractivity contribution in [1.29, 1.82) is 0 Å². The van der Waals surface area contributed by atoms with Gasteiger partial charge in [0.1, 0.15) is 0 Å². The fourth-order valence-corrected chi connectivity index (χ4v) is 1.46. The highest BCUT2D eigenvalue weighted by atomic mass is 15.2. The van der Waals surface area contributed by atoms with Crippen molar-refractivity contribution in [2.75, 3.05) is 32.7 Å². The van der Waals surface area contributed by atoms with Gasteiger partial charge in [0, 0.05) is 31.9 Å². The standard InChI is InChI=1S/C9H19N3/c1-9(10)3-2-6-12-7-4-11-5-8-12/h11H,1-8,10H2. The van der Waals surface area contributed by atoms with Crippen LogP contribution in [-0.4, -0.2) is 37.6 Å². The SMILES string of the molecule is C=C(N)CCCN1CCNCC1. The maximum atomic E-state index is 5.48. The van der Waals surface area contributed by atoms with E-state index in [1.807, 2.05) is 0 Å². The molecule has 0 aliphatic carbocycles. The second-order valence-electron chi connectivity index (χ2n) is 3.35.